The van der Waals surface area contributed by atoms with Gasteiger partial charge in [-0.2, -0.15) is 0 Å². The summed E-state index contributed by atoms with van der Waals surface area (Å²) >= 11 is 0. The molecule has 3 aliphatic heterocycles. The molecule has 2 unspecified atom stereocenters. The molecule has 1 spiro atoms. The van der Waals surface area contributed by atoms with Gasteiger partial charge >= 0.3 is 0 Å². The molecule has 1 aromatic heterocycles. The molecule has 2 saturated heterocycles. The largest absolute Gasteiger partial charge is 0.360 e. The third kappa shape index (κ3) is 2.88. The van der Waals surface area contributed by atoms with Crippen molar-refractivity contribution in [1.29, 1.82) is 0 Å². The van der Waals surface area contributed by atoms with Crippen molar-refractivity contribution in [2.24, 2.45) is 24.3 Å². The van der Waals surface area contributed by atoms with E-state index in [0.29, 0.717) is 19.6 Å². The number of amides is 2. The van der Waals surface area contributed by atoms with E-state index in [1.165, 1.54) is 0 Å². The van der Waals surface area contributed by atoms with Crippen LogP contribution in [0.3, 0.4) is 0 Å². The lowest BCUT2D eigenvalue weighted by Gasteiger charge is -2.29. The first kappa shape index (κ1) is 18.2. The van der Waals surface area contributed by atoms with Crippen LogP contribution in [0.15, 0.2) is 24.5 Å². The van der Waals surface area contributed by atoms with Crippen molar-refractivity contribution < 1.29 is 14.3 Å². The van der Waals surface area contributed by atoms with E-state index in [2.05, 4.69) is 25.8 Å². The normalized spacial score (nSPS) is 31.7. The van der Waals surface area contributed by atoms with Gasteiger partial charge in [-0.3, -0.25) is 9.59 Å². The third-order valence-corrected chi connectivity index (χ3v) is 5.80. The molecule has 2 bridgehead atoms. The van der Waals surface area contributed by atoms with E-state index in [-0.39, 0.29) is 23.3 Å². The number of carbonyl (C=O) groups excluding carboxylic acids is 2. The van der Waals surface area contributed by atoms with Gasteiger partial charge in [0.1, 0.15) is 11.4 Å². The Bertz CT molecular complexity index is 808. The predicted octanol–water partition coefficient (Wildman–Crippen LogP) is 1.21. The van der Waals surface area contributed by atoms with E-state index in [1.807, 2.05) is 34.9 Å². The Morgan fingerprint density at radius 1 is 1.44 bits per heavy atom. The van der Waals surface area contributed by atoms with Crippen molar-refractivity contribution >= 4 is 11.8 Å². The van der Waals surface area contributed by atoms with Gasteiger partial charge in [0, 0.05) is 33.0 Å². The second kappa shape index (κ2) is 5.92. The first-order chi connectivity index (χ1) is 12.6. The zero-order chi connectivity index (χ0) is 19.6. The highest BCUT2D eigenvalue weighted by atomic mass is 16.5. The van der Waals surface area contributed by atoms with E-state index >= 15 is 0 Å². The number of nitrogens with zero attached hydrogens (tertiary/aromatic N) is 4. The summed E-state index contributed by atoms with van der Waals surface area (Å²) < 4.78 is 8.10. The SMILES string of the molecule is CN(Cc1nccn1C)C(=O)C1C2C(=O)N(CC(C)(C)C)C[C@]23C=C[C@H]1O3. The molecule has 4 heterocycles. The van der Waals surface area contributed by atoms with Crippen LogP contribution in [0.5, 0.6) is 0 Å². The van der Waals surface area contributed by atoms with Crippen LogP contribution in [0.2, 0.25) is 0 Å². The highest BCUT2D eigenvalue weighted by Crippen LogP contribution is 2.52. The smallest absolute Gasteiger partial charge is 0.230 e. The molecule has 4 rings (SSSR count). The van der Waals surface area contributed by atoms with Crippen LogP contribution in [-0.4, -0.2) is 63.0 Å². The molecule has 146 valence electrons. The first-order valence-corrected chi connectivity index (χ1v) is 9.48. The number of carbonyl (C=O) groups is 2. The van der Waals surface area contributed by atoms with Crippen LogP contribution < -0.4 is 0 Å². The summed E-state index contributed by atoms with van der Waals surface area (Å²) in [5.74, 6) is -0.0816. The number of imidazole rings is 1. The maximum Gasteiger partial charge on any atom is 0.230 e. The van der Waals surface area contributed by atoms with Crippen LogP contribution in [-0.2, 0) is 27.9 Å². The van der Waals surface area contributed by atoms with Crippen molar-refractivity contribution in [3.63, 3.8) is 0 Å². The highest BCUT2D eigenvalue weighted by molar-refractivity contribution is 5.93. The molecule has 0 aromatic carbocycles. The van der Waals surface area contributed by atoms with Gasteiger partial charge < -0.3 is 19.1 Å². The summed E-state index contributed by atoms with van der Waals surface area (Å²) in [6, 6.07) is 0. The Labute approximate surface area is 160 Å². The van der Waals surface area contributed by atoms with Gasteiger partial charge in [0.15, 0.2) is 0 Å². The van der Waals surface area contributed by atoms with Gasteiger partial charge in [0.2, 0.25) is 11.8 Å². The van der Waals surface area contributed by atoms with Crippen LogP contribution in [0.1, 0.15) is 26.6 Å². The molecule has 27 heavy (non-hydrogen) atoms. The summed E-state index contributed by atoms with van der Waals surface area (Å²) in [4.78, 5) is 34.3. The van der Waals surface area contributed by atoms with Crippen LogP contribution in [0.4, 0.5) is 0 Å². The summed E-state index contributed by atoms with van der Waals surface area (Å²) in [7, 11) is 3.68. The van der Waals surface area contributed by atoms with Gasteiger partial charge in [0.05, 0.1) is 31.0 Å². The molecule has 2 amide bonds. The van der Waals surface area contributed by atoms with E-state index in [4.69, 9.17) is 4.74 Å². The summed E-state index contributed by atoms with van der Waals surface area (Å²) in [5, 5.41) is 0. The number of likely N-dealkylation sites (tertiary alicyclic amines) is 1. The minimum atomic E-state index is -0.641. The van der Waals surface area contributed by atoms with Gasteiger partial charge in [-0.1, -0.05) is 32.9 Å². The number of hydrogen-bond acceptors (Lipinski definition) is 4. The number of aryl methyl sites for hydroxylation is 1. The summed E-state index contributed by atoms with van der Waals surface area (Å²) in [6.07, 6.45) is 7.23. The average molecular weight is 372 g/mol. The van der Waals surface area contributed by atoms with Crippen molar-refractivity contribution in [2.45, 2.75) is 39.0 Å². The van der Waals surface area contributed by atoms with Gasteiger partial charge in [-0.25, -0.2) is 4.98 Å². The van der Waals surface area contributed by atoms with E-state index in [1.54, 1.807) is 18.1 Å². The number of ether oxygens (including phenoxy) is 1. The summed E-state index contributed by atoms with van der Waals surface area (Å²) in [5.41, 5.74) is -0.640. The topological polar surface area (TPSA) is 67.7 Å². The number of hydrogen-bond donors (Lipinski definition) is 0. The van der Waals surface area contributed by atoms with Crippen molar-refractivity contribution in [1.82, 2.24) is 19.4 Å². The molecular weight excluding hydrogens is 344 g/mol. The minimum absolute atomic E-state index is 0.00115. The lowest BCUT2D eigenvalue weighted by molar-refractivity contribution is -0.143. The molecule has 0 aliphatic carbocycles. The van der Waals surface area contributed by atoms with Crippen molar-refractivity contribution in [3.8, 4) is 0 Å². The molecule has 7 nitrogen and oxygen atoms in total. The predicted molar refractivity (Wildman–Crippen MR) is 99.4 cm³/mol. The lowest BCUT2D eigenvalue weighted by Crippen LogP contribution is -2.45. The zero-order valence-electron chi connectivity index (χ0n) is 16.7. The fraction of sp³-hybridized carbons (Fsp3) is 0.650. The Kier molecular flexibility index (Phi) is 4.00. The standard InChI is InChI=1S/C20H28N4O3/c1-19(2,3)11-24-12-20-7-6-13(27-20)15(16(20)18(24)26)17(25)23(5)10-14-21-8-9-22(14)4/h6-9,13,15-16H,10-12H2,1-5H3/t13-,15?,16?,20-/m1/s1. The van der Waals surface area contributed by atoms with E-state index in [0.717, 1.165) is 5.82 Å². The van der Waals surface area contributed by atoms with Crippen LogP contribution in [0, 0.1) is 17.3 Å². The monoisotopic (exact) mass is 372 g/mol. The minimum Gasteiger partial charge on any atom is -0.360 e. The maximum absolute atomic E-state index is 13.3. The highest BCUT2D eigenvalue weighted by Gasteiger charge is 2.67. The molecule has 3 aliphatic rings. The van der Waals surface area contributed by atoms with Crippen molar-refractivity contribution in [2.75, 3.05) is 20.1 Å². The second-order valence-electron chi connectivity index (χ2n) is 9.30. The molecule has 4 atom stereocenters. The van der Waals surface area contributed by atoms with E-state index < -0.39 is 17.4 Å². The zero-order valence-corrected chi connectivity index (χ0v) is 16.7. The molecule has 0 saturated carbocycles. The number of rotatable bonds is 4. The van der Waals surface area contributed by atoms with E-state index in [9.17, 15) is 9.59 Å². The van der Waals surface area contributed by atoms with Crippen LogP contribution in [0.25, 0.3) is 0 Å². The van der Waals surface area contributed by atoms with Gasteiger partial charge in [-0.15, -0.1) is 0 Å². The second-order valence-corrected chi connectivity index (χ2v) is 9.30. The fourth-order valence-electron chi connectivity index (χ4n) is 4.66. The molecule has 0 N–H and O–H groups in total. The molecule has 2 fully saturated rings. The number of fused-ring (bicyclic) bond motifs is 1. The van der Waals surface area contributed by atoms with Crippen molar-refractivity contribution in [3.05, 3.63) is 30.4 Å². The quantitative estimate of drug-likeness (QED) is 0.745. The van der Waals surface area contributed by atoms with Gasteiger partial charge in [0.25, 0.3) is 0 Å². The van der Waals surface area contributed by atoms with Crippen LogP contribution >= 0.6 is 0 Å². The Hall–Kier alpha value is -2.15. The maximum atomic E-state index is 13.3. The fourth-order valence-corrected chi connectivity index (χ4v) is 4.66. The number of aromatic nitrogens is 2. The molecule has 7 heteroatoms. The third-order valence-electron chi connectivity index (χ3n) is 5.80. The first-order valence-electron chi connectivity index (χ1n) is 9.48. The Morgan fingerprint density at radius 2 is 2.19 bits per heavy atom. The molecule has 0 radical (unpaired) electrons. The average Bonchev–Trinajstić information content (AvgIpc) is 3.29. The lowest BCUT2D eigenvalue weighted by atomic mass is 9.76. The Balaban J connectivity index is 1.55. The van der Waals surface area contributed by atoms with Gasteiger partial charge in [-0.05, 0) is 5.41 Å². The summed E-state index contributed by atoms with van der Waals surface area (Å²) in [6.45, 7) is 7.95. The molecule has 1 aromatic rings. The Morgan fingerprint density at radius 3 is 2.81 bits per heavy atom. The molecular formula is C20H28N4O3.